The summed E-state index contributed by atoms with van der Waals surface area (Å²) in [7, 11) is 1.57. The lowest BCUT2D eigenvalue weighted by Gasteiger charge is -2.01. The fourth-order valence-electron chi connectivity index (χ4n) is 0.842. The van der Waals surface area contributed by atoms with Gasteiger partial charge in [0.05, 0.1) is 7.11 Å². The van der Waals surface area contributed by atoms with Gasteiger partial charge >= 0.3 is 0 Å². The molecule has 2 heteroatoms. The lowest BCUT2D eigenvalue weighted by molar-refractivity contribution is 0.410. The van der Waals surface area contributed by atoms with Crippen molar-refractivity contribution in [2.75, 3.05) is 7.11 Å². The van der Waals surface area contributed by atoms with Crippen LogP contribution in [0.5, 0.6) is 5.75 Å². The van der Waals surface area contributed by atoms with Crippen LogP contribution in [0, 0.1) is 12.7 Å². The molecule has 0 aliphatic heterocycles. The molecule has 14 heavy (non-hydrogen) atoms. The molecule has 1 aromatic rings. The fourth-order valence-corrected chi connectivity index (χ4v) is 0.842. The van der Waals surface area contributed by atoms with Gasteiger partial charge in [0.15, 0.2) is 0 Å². The number of ether oxygens (including phenoxy) is 1. The van der Waals surface area contributed by atoms with Crippen molar-refractivity contribution >= 4 is 0 Å². The van der Waals surface area contributed by atoms with Crippen LogP contribution in [0.4, 0.5) is 4.39 Å². The second-order valence-electron chi connectivity index (χ2n) is 2.11. The second-order valence-corrected chi connectivity index (χ2v) is 2.11. The summed E-state index contributed by atoms with van der Waals surface area (Å²) in [5.74, 6) is 0.500. The molecule has 82 valence electrons. The van der Waals surface area contributed by atoms with E-state index in [1.54, 1.807) is 13.2 Å². The summed E-state index contributed by atoms with van der Waals surface area (Å²) in [6.45, 7) is 9.81. The Morgan fingerprint density at radius 3 is 1.93 bits per heavy atom. The lowest BCUT2D eigenvalue weighted by Crippen LogP contribution is -1.86. The molecule has 0 aromatic heterocycles. The molecular formula is C12H21FO. The summed E-state index contributed by atoms with van der Waals surface area (Å²) < 4.78 is 17.4. The Hall–Kier alpha value is -1.05. The molecular weight excluding hydrogens is 179 g/mol. The van der Waals surface area contributed by atoms with Crippen LogP contribution in [0.1, 0.15) is 33.3 Å². The topological polar surface area (TPSA) is 9.23 Å². The van der Waals surface area contributed by atoms with Crippen LogP contribution in [0.2, 0.25) is 0 Å². The standard InChI is InChI=1S/C8H9FO.2C2H6/c1-6-5-7(9)3-4-8(6)10-2;2*1-2/h3-5H,1-2H3;2*1-2H3. The van der Waals surface area contributed by atoms with E-state index in [2.05, 4.69) is 0 Å². The third-order valence-corrected chi connectivity index (χ3v) is 1.36. The molecule has 0 spiro atoms. The van der Waals surface area contributed by atoms with E-state index >= 15 is 0 Å². The molecule has 0 aliphatic rings. The Morgan fingerprint density at radius 2 is 1.57 bits per heavy atom. The van der Waals surface area contributed by atoms with E-state index in [4.69, 9.17) is 4.74 Å². The molecule has 0 unspecified atom stereocenters. The van der Waals surface area contributed by atoms with Gasteiger partial charge in [0.25, 0.3) is 0 Å². The zero-order valence-electron chi connectivity index (χ0n) is 10.0. The van der Waals surface area contributed by atoms with Gasteiger partial charge in [-0.2, -0.15) is 0 Å². The first-order chi connectivity index (χ1) is 6.74. The Bertz CT molecular complexity index is 234. The average molecular weight is 200 g/mol. The molecule has 0 radical (unpaired) electrons. The van der Waals surface area contributed by atoms with Gasteiger partial charge < -0.3 is 4.74 Å². The molecule has 0 N–H and O–H groups in total. The molecule has 0 heterocycles. The molecule has 0 atom stereocenters. The van der Waals surface area contributed by atoms with Crippen molar-refractivity contribution in [3.63, 3.8) is 0 Å². The molecule has 0 fully saturated rings. The molecule has 1 aromatic carbocycles. The van der Waals surface area contributed by atoms with Crippen molar-refractivity contribution in [2.45, 2.75) is 34.6 Å². The molecule has 0 amide bonds. The average Bonchev–Trinajstić information content (AvgIpc) is 2.24. The molecule has 0 aliphatic carbocycles. The number of hydrogen-bond acceptors (Lipinski definition) is 1. The third-order valence-electron chi connectivity index (χ3n) is 1.36. The van der Waals surface area contributed by atoms with E-state index in [-0.39, 0.29) is 5.82 Å². The number of methoxy groups -OCH3 is 1. The molecule has 1 nitrogen and oxygen atoms in total. The first kappa shape index (κ1) is 15.4. The Labute approximate surface area is 86.9 Å². The summed E-state index contributed by atoms with van der Waals surface area (Å²) >= 11 is 0. The zero-order chi connectivity index (χ0) is 11.6. The molecule has 0 saturated heterocycles. The highest BCUT2D eigenvalue weighted by Crippen LogP contribution is 2.16. The Morgan fingerprint density at radius 1 is 1.07 bits per heavy atom. The van der Waals surface area contributed by atoms with E-state index in [1.165, 1.54) is 12.1 Å². The van der Waals surface area contributed by atoms with Crippen LogP contribution < -0.4 is 4.74 Å². The lowest BCUT2D eigenvalue weighted by atomic mass is 10.2. The van der Waals surface area contributed by atoms with Crippen LogP contribution in [0.15, 0.2) is 18.2 Å². The monoisotopic (exact) mass is 200 g/mol. The van der Waals surface area contributed by atoms with Crippen LogP contribution in [0.25, 0.3) is 0 Å². The molecule has 0 saturated carbocycles. The Balaban J connectivity index is 0. The highest BCUT2D eigenvalue weighted by molar-refractivity contribution is 5.32. The van der Waals surface area contributed by atoms with Crippen molar-refractivity contribution in [3.8, 4) is 5.75 Å². The van der Waals surface area contributed by atoms with Crippen molar-refractivity contribution < 1.29 is 9.13 Å². The van der Waals surface area contributed by atoms with E-state index in [1.807, 2.05) is 34.6 Å². The van der Waals surface area contributed by atoms with Gasteiger partial charge in [0, 0.05) is 0 Å². The van der Waals surface area contributed by atoms with Gasteiger partial charge in [-0.25, -0.2) is 4.39 Å². The van der Waals surface area contributed by atoms with Gasteiger partial charge in [-0.3, -0.25) is 0 Å². The van der Waals surface area contributed by atoms with Gasteiger partial charge in [-0.15, -0.1) is 0 Å². The zero-order valence-corrected chi connectivity index (χ0v) is 10.0. The summed E-state index contributed by atoms with van der Waals surface area (Å²) in [5, 5.41) is 0. The Kier molecular flexibility index (Phi) is 11.1. The highest BCUT2D eigenvalue weighted by atomic mass is 19.1. The van der Waals surface area contributed by atoms with Gasteiger partial charge in [0.1, 0.15) is 11.6 Å². The van der Waals surface area contributed by atoms with E-state index in [9.17, 15) is 4.39 Å². The SMILES string of the molecule is CC.CC.COc1ccc(F)cc1C. The van der Waals surface area contributed by atoms with Crippen molar-refractivity contribution in [1.29, 1.82) is 0 Å². The minimum atomic E-state index is -0.224. The summed E-state index contributed by atoms with van der Waals surface area (Å²) in [4.78, 5) is 0. The quantitative estimate of drug-likeness (QED) is 0.660. The summed E-state index contributed by atoms with van der Waals surface area (Å²) in [5.41, 5.74) is 0.822. The highest BCUT2D eigenvalue weighted by Gasteiger charge is 1.96. The van der Waals surface area contributed by atoms with Gasteiger partial charge in [-0.1, -0.05) is 27.7 Å². The fraction of sp³-hybridized carbons (Fsp3) is 0.500. The minimum absolute atomic E-state index is 0.224. The largest absolute Gasteiger partial charge is 0.496 e. The van der Waals surface area contributed by atoms with E-state index in [0.29, 0.717) is 0 Å². The maximum Gasteiger partial charge on any atom is 0.123 e. The van der Waals surface area contributed by atoms with Gasteiger partial charge in [-0.05, 0) is 30.7 Å². The van der Waals surface area contributed by atoms with Crippen molar-refractivity contribution in [1.82, 2.24) is 0 Å². The predicted molar refractivity (Wildman–Crippen MR) is 60.4 cm³/mol. The number of aryl methyl sites for hydroxylation is 1. The van der Waals surface area contributed by atoms with E-state index < -0.39 is 0 Å². The maximum atomic E-state index is 12.4. The van der Waals surface area contributed by atoms with Crippen LogP contribution in [-0.4, -0.2) is 7.11 Å². The predicted octanol–water partition coefficient (Wildman–Crippen LogP) is 4.20. The molecule has 0 bridgehead atoms. The first-order valence-corrected chi connectivity index (χ1v) is 5.04. The van der Waals surface area contributed by atoms with Crippen LogP contribution in [0.3, 0.4) is 0 Å². The number of hydrogen-bond donors (Lipinski definition) is 0. The van der Waals surface area contributed by atoms with Crippen molar-refractivity contribution in [3.05, 3.63) is 29.6 Å². The summed E-state index contributed by atoms with van der Waals surface area (Å²) in [6.07, 6.45) is 0. The summed E-state index contributed by atoms with van der Waals surface area (Å²) in [6, 6.07) is 4.44. The van der Waals surface area contributed by atoms with Crippen LogP contribution >= 0.6 is 0 Å². The molecule has 1 rings (SSSR count). The minimum Gasteiger partial charge on any atom is -0.496 e. The number of halogens is 1. The third kappa shape index (κ3) is 5.57. The van der Waals surface area contributed by atoms with Gasteiger partial charge in [0.2, 0.25) is 0 Å². The van der Waals surface area contributed by atoms with E-state index in [0.717, 1.165) is 11.3 Å². The first-order valence-electron chi connectivity index (χ1n) is 5.04. The van der Waals surface area contributed by atoms with Crippen LogP contribution in [-0.2, 0) is 0 Å². The normalized spacial score (nSPS) is 7.64. The van der Waals surface area contributed by atoms with Crippen molar-refractivity contribution in [2.24, 2.45) is 0 Å². The maximum absolute atomic E-state index is 12.4. The second kappa shape index (κ2) is 10.0. The number of benzene rings is 1. The number of rotatable bonds is 1. The smallest absolute Gasteiger partial charge is 0.123 e.